The van der Waals surface area contributed by atoms with Crippen LogP contribution in [0.15, 0.2) is 5.51 Å². The molecule has 1 aromatic rings. The van der Waals surface area contributed by atoms with Crippen LogP contribution in [0.1, 0.15) is 10.6 Å². The summed E-state index contributed by atoms with van der Waals surface area (Å²) in [4.78, 5) is 5.05. The molecule has 0 atom stereocenters. The predicted molar refractivity (Wildman–Crippen MR) is 40.7 cm³/mol. The zero-order valence-corrected chi connectivity index (χ0v) is 7.07. The van der Waals surface area contributed by atoms with Crippen LogP contribution in [0.4, 0.5) is 0 Å². The van der Waals surface area contributed by atoms with Crippen LogP contribution in [-0.4, -0.2) is 10.1 Å². The van der Waals surface area contributed by atoms with Gasteiger partial charge in [-0.3, -0.25) is 0 Å². The van der Waals surface area contributed by atoms with Crippen LogP contribution >= 0.6 is 27.3 Å². The van der Waals surface area contributed by atoms with Crippen LogP contribution in [0.5, 0.6) is 0 Å². The molecule has 4 heteroatoms. The van der Waals surface area contributed by atoms with E-state index in [0.29, 0.717) is 0 Å². The van der Waals surface area contributed by atoms with Gasteiger partial charge in [-0.15, -0.1) is 11.3 Å². The molecule has 9 heavy (non-hydrogen) atoms. The Morgan fingerprint density at radius 2 is 2.56 bits per heavy atom. The first-order valence-electron chi connectivity index (χ1n) is 2.46. The Hall–Kier alpha value is 0.0700. The Labute approximate surface area is 65.7 Å². The van der Waals surface area contributed by atoms with Crippen LogP contribution in [0.3, 0.4) is 0 Å². The van der Waals surface area contributed by atoms with Crippen molar-refractivity contribution in [2.75, 3.05) is 0 Å². The lowest BCUT2D eigenvalue weighted by atomic mass is 10.4. The fraction of sp³-hybridized carbons (Fsp3) is 0.400. The van der Waals surface area contributed by atoms with E-state index in [1.165, 1.54) is 0 Å². The second-order valence-electron chi connectivity index (χ2n) is 1.51. The van der Waals surface area contributed by atoms with Crippen molar-refractivity contribution in [3.05, 3.63) is 16.1 Å². The number of aliphatic hydroxyl groups excluding tert-OH is 1. The first-order valence-corrected chi connectivity index (χ1v) is 4.46. The summed E-state index contributed by atoms with van der Waals surface area (Å²) in [6, 6.07) is 0. The number of hydrogen-bond donors (Lipinski definition) is 1. The van der Waals surface area contributed by atoms with Gasteiger partial charge in [0.05, 0.1) is 17.8 Å². The molecule has 0 saturated heterocycles. The molecule has 1 aromatic heterocycles. The predicted octanol–water partition coefficient (Wildman–Crippen LogP) is 1.53. The molecule has 2 nitrogen and oxygen atoms in total. The Bertz CT molecular complexity index is 170. The molecule has 1 heterocycles. The molecule has 0 spiro atoms. The van der Waals surface area contributed by atoms with Gasteiger partial charge in [-0.2, -0.15) is 0 Å². The van der Waals surface area contributed by atoms with Crippen molar-refractivity contribution in [2.24, 2.45) is 0 Å². The summed E-state index contributed by atoms with van der Waals surface area (Å²) in [5, 5.41) is 9.45. The Kier molecular flexibility index (Phi) is 2.63. The maximum atomic E-state index is 8.66. The lowest BCUT2D eigenvalue weighted by molar-refractivity contribution is 0.277. The molecular weight excluding hydrogens is 202 g/mol. The molecule has 0 unspecified atom stereocenters. The van der Waals surface area contributed by atoms with Gasteiger partial charge in [-0.25, -0.2) is 4.98 Å². The van der Waals surface area contributed by atoms with Gasteiger partial charge < -0.3 is 5.11 Å². The zero-order chi connectivity index (χ0) is 6.69. The second-order valence-corrected chi connectivity index (χ2v) is 3.01. The van der Waals surface area contributed by atoms with Gasteiger partial charge in [-0.05, 0) is 0 Å². The largest absolute Gasteiger partial charge is 0.390 e. The smallest absolute Gasteiger partial charge is 0.0864 e. The topological polar surface area (TPSA) is 33.1 Å². The van der Waals surface area contributed by atoms with E-state index in [1.54, 1.807) is 16.8 Å². The van der Waals surface area contributed by atoms with Gasteiger partial charge in [0.25, 0.3) is 0 Å². The van der Waals surface area contributed by atoms with Crippen molar-refractivity contribution >= 4 is 27.3 Å². The van der Waals surface area contributed by atoms with E-state index in [1.807, 2.05) is 0 Å². The van der Waals surface area contributed by atoms with Crippen LogP contribution in [0.2, 0.25) is 0 Å². The number of hydrogen-bond acceptors (Lipinski definition) is 3. The highest BCUT2D eigenvalue weighted by Gasteiger charge is 2.00. The van der Waals surface area contributed by atoms with Crippen molar-refractivity contribution in [1.29, 1.82) is 0 Å². The maximum Gasteiger partial charge on any atom is 0.0864 e. The van der Waals surface area contributed by atoms with Gasteiger partial charge in [0, 0.05) is 10.2 Å². The van der Waals surface area contributed by atoms with Crippen molar-refractivity contribution in [2.45, 2.75) is 11.9 Å². The summed E-state index contributed by atoms with van der Waals surface area (Å²) >= 11 is 4.84. The van der Waals surface area contributed by atoms with Crippen LogP contribution in [0.25, 0.3) is 0 Å². The number of rotatable bonds is 2. The Morgan fingerprint density at radius 1 is 1.78 bits per heavy atom. The molecule has 0 bridgehead atoms. The van der Waals surface area contributed by atoms with E-state index in [2.05, 4.69) is 20.9 Å². The summed E-state index contributed by atoms with van der Waals surface area (Å²) in [5.41, 5.74) is 2.53. The third kappa shape index (κ3) is 1.50. The van der Waals surface area contributed by atoms with E-state index in [-0.39, 0.29) is 6.61 Å². The Morgan fingerprint density at radius 3 is 3.00 bits per heavy atom. The summed E-state index contributed by atoms with van der Waals surface area (Å²) < 4.78 is 0. The first kappa shape index (κ1) is 7.18. The monoisotopic (exact) mass is 207 g/mol. The quantitative estimate of drug-likeness (QED) is 0.747. The summed E-state index contributed by atoms with van der Waals surface area (Å²) in [6.07, 6.45) is 0. The number of aliphatic hydroxyl groups is 1. The molecule has 0 radical (unpaired) electrons. The lowest BCUT2D eigenvalue weighted by Crippen LogP contribution is -1.85. The van der Waals surface area contributed by atoms with Crippen molar-refractivity contribution in [1.82, 2.24) is 4.98 Å². The highest BCUT2D eigenvalue weighted by Crippen LogP contribution is 2.15. The van der Waals surface area contributed by atoms with Crippen molar-refractivity contribution < 1.29 is 5.11 Å². The van der Waals surface area contributed by atoms with Crippen LogP contribution in [0, 0.1) is 0 Å². The van der Waals surface area contributed by atoms with Crippen LogP contribution in [-0.2, 0) is 11.9 Å². The molecule has 0 aliphatic rings. The highest BCUT2D eigenvalue weighted by molar-refractivity contribution is 9.08. The summed E-state index contributed by atoms with van der Waals surface area (Å²) in [5.74, 6) is 0. The number of halogens is 1. The fourth-order valence-electron chi connectivity index (χ4n) is 0.531. The standard InChI is InChI=1S/C5H6BrNOS/c6-1-5-4(2-8)7-3-9-5/h3,8H,1-2H2. The average Bonchev–Trinajstić information content (AvgIpc) is 2.33. The van der Waals surface area contributed by atoms with Crippen molar-refractivity contribution in [3.63, 3.8) is 0 Å². The molecule has 1 rings (SSSR count). The van der Waals surface area contributed by atoms with Crippen molar-refractivity contribution in [3.8, 4) is 0 Å². The molecule has 0 amide bonds. The second kappa shape index (κ2) is 3.29. The third-order valence-corrected chi connectivity index (χ3v) is 2.80. The minimum Gasteiger partial charge on any atom is -0.390 e. The van der Waals surface area contributed by atoms with Gasteiger partial charge in [-0.1, -0.05) is 15.9 Å². The fourth-order valence-corrected chi connectivity index (χ4v) is 1.87. The highest BCUT2D eigenvalue weighted by atomic mass is 79.9. The molecule has 0 aliphatic carbocycles. The first-order chi connectivity index (χ1) is 4.38. The minimum atomic E-state index is 0.0461. The molecule has 0 aliphatic heterocycles. The molecule has 0 aromatic carbocycles. The van der Waals surface area contributed by atoms with Gasteiger partial charge in [0.15, 0.2) is 0 Å². The number of nitrogens with zero attached hydrogens (tertiary/aromatic N) is 1. The average molecular weight is 208 g/mol. The summed E-state index contributed by atoms with van der Waals surface area (Å²) in [7, 11) is 0. The van der Waals surface area contributed by atoms with Gasteiger partial charge in [0.1, 0.15) is 0 Å². The van der Waals surface area contributed by atoms with Gasteiger partial charge in [0.2, 0.25) is 0 Å². The number of aromatic nitrogens is 1. The maximum absolute atomic E-state index is 8.66. The molecule has 0 fully saturated rings. The lowest BCUT2D eigenvalue weighted by Gasteiger charge is -1.89. The normalized spacial score (nSPS) is 10.0. The van der Waals surface area contributed by atoms with E-state index < -0.39 is 0 Å². The molecular formula is C5H6BrNOS. The summed E-state index contributed by atoms with van der Waals surface area (Å²) in [6.45, 7) is 0.0461. The van der Waals surface area contributed by atoms with E-state index >= 15 is 0 Å². The minimum absolute atomic E-state index is 0.0461. The Balaban J connectivity index is 2.85. The molecule has 50 valence electrons. The number of thiazole rings is 1. The van der Waals surface area contributed by atoms with E-state index in [4.69, 9.17) is 5.11 Å². The van der Waals surface area contributed by atoms with Crippen LogP contribution < -0.4 is 0 Å². The number of alkyl halides is 1. The van der Waals surface area contributed by atoms with E-state index in [0.717, 1.165) is 15.9 Å². The van der Waals surface area contributed by atoms with Gasteiger partial charge >= 0.3 is 0 Å². The molecule has 0 saturated carbocycles. The van der Waals surface area contributed by atoms with E-state index in [9.17, 15) is 0 Å². The zero-order valence-electron chi connectivity index (χ0n) is 4.67. The SMILES string of the molecule is OCc1ncsc1CBr. The third-order valence-electron chi connectivity index (χ3n) is 0.997. The molecule has 1 N–H and O–H groups in total.